The van der Waals surface area contributed by atoms with Crippen LogP contribution in [0.2, 0.25) is 0 Å². The molecule has 168 valence electrons. The van der Waals surface area contributed by atoms with E-state index in [9.17, 15) is 9.59 Å². The van der Waals surface area contributed by atoms with E-state index in [0.29, 0.717) is 28.7 Å². The summed E-state index contributed by atoms with van der Waals surface area (Å²) in [4.78, 5) is 24.3. The van der Waals surface area contributed by atoms with Gasteiger partial charge in [-0.25, -0.2) is 0 Å². The average Bonchev–Trinajstić information content (AvgIpc) is 3.43. The number of hydrogen-bond acceptors (Lipinski definition) is 8. The molecule has 2 aromatic carbocycles. The summed E-state index contributed by atoms with van der Waals surface area (Å²) in [6.07, 6.45) is 1.09. The molecule has 4 atom stereocenters. The molecule has 0 amide bonds. The number of fused-ring (bicyclic) bond motifs is 3. The van der Waals surface area contributed by atoms with Crippen LogP contribution < -0.4 is 23.7 Å². The first-order valence-electron chi connectivity index (χ1n) is 10.4. The van der Waals surface area contributed by atoms with Gasteiger partial charge in [0, 0.05) is 24.2 Å². The van der Waals surface area contributed by atoms with E-state index >= 15 is 0 Å². The van der Waals surface area contributed by atoms with Crippen molar-refractivity contribution in [2.45, 2.75) is 18.3 Å². The highest BCUT2D eigenvalue weighted by Crippen LogP contribution is 2.56. The van der Waals surface area contributed by atoms with Crippen molar-refractivity contribution in [2.24, 2.45) is 11.8 Å². The molecular formula is C24H24O8. The summed E-state index contributed by atoms with van der Waals surface area (Å²) < 4.78 is 33.4. The molecular weight excluding hydrogens is 416 g/mol. The zero-order chi connectivity index (χ0) is 22.4. The second-order valence-corrected chi connectivity index (χ2v) is 8.10. The third-order valence-electron chi connectivity index (χ3n) is 6.72. The van der Waals surface area contributed by atoms with Gasteiger partial charge in [0.2, 0.25) is 12.5 Å². The monoisotopic (exact) mass is 440 g/mol. The molecule has 4 unspecified atom stereocenters. The first kappa shape index (κ1) is 20.5. The van der Waals surface area contributed by atoms with E-state index in [0.717, 1.165) is 23.0 Å². The number of carbonyl (C=O) groups excluding carboxylic acids is 2. The average molecular weight is 440 g/mol. The summed E-state index contributed by atoms with van der Waals surface area (Å²) >= 11 is 0. The molecule has 5 rings (SSSR count). The van der Waals surface area contributed by atoms with Gasteiger partial charge in [0.1, 0.15) is 6.29 Å². The number of benzene rings is 2. The molecule has 1 saturated heterocycles. The third-order valence-corrected chi connectivity index (χ3v) is 6.72. The lowest BCUT2D eigenvalue weighted by atomic mass is 9.62. The van der Waals surface area contributed by atoms with Crippen LogP contribution in [0.5, 0.6) is 28.7 Å². The minimum Gasteiger partial charge on any atom is -0.493 e. The van der Waals surface area contributed by atoms with Gasteiger partial charge in [-0.05, 0) is 41.0 Å². The standard InChI is InChI=1S/C24H24O8/c1-27-19-6-12(7-20(28-2)23(19)29-3)21-15-9-18-17(31-11-32-18)8-14(15)13(4-5-25)22-16(21)10-30-24(22)26/h5-9,13,16,21-22H,4,10-11H2,1-3H3. The predicted octanol–water partition coefficient (Wildman–Crippen LogP) is 3.05. The van der Waals surface area contributed by atoms with Crippen LogP contribution in [0.4, 0.5) is 0 Å². The van der Waals surface area contributed by atoms with Gasteiger partial charge in [-0.3, -0.25) is 4.79 Å². The lowest BCUT2D eigenvalue weighted by molar-refractivity contribution is -0.142. The van der Waals surface area contributed by atoms with Gasteiger partial charge in [-0.2, -0.15) is 0 Å². The Kier molecular flexibility index (Phi) is 5.07. The maximum Gasteiger partial charge on any atom is 0.310 e. The van der Waals surface area contributed by atoms with E-state index in [4.69, 9.17) is 28.4 Å². The lowest BCUT2D eigenvalue weighted by Crippen LogP contribution is -2.35. The van der Waals surface area contributed by atoms with Gasteiger partial charge in [0.15, 0.2) is 23.0 Å². The van der Waals surface area contributed by atoms with Crippen molar-refractivity contribution >= 4 is 12.3 Å². The van der Waals surface area contributed by atoms with E-state index in [-0.39, 0.29) is 43.5 Å². The van der Waals surface area contributed by atoms with Crippen LogP contribution in [0.15, 0.2) is 24.3 Å². The van der Waals surface area contributed by atoms with Crippen molar-refractivity contribution < 1.29 is 38.0 Å². The van der Waals surface area contributed by atoms with Crippen molar-refractivity contribution in [1.82, 2.24) is 0 Å². The fraction of sp³-hybridized carbons (Fsp3) is 0.417. The number of rotatable bonds is 6. The van der Waals surface area contributed by atoms with Crippen molar-refractivity contribution in [1.29, 1.82) is 0 Å². The minimum atomic E-state index is -0.433. The van der Waals surface area contributed by atoms with Crippen LogP contribution in [0.25, 0.3) is 0 Å². The number of esters is 1. The number of carbonyl (C=O) groups is 2. The molecule has 2 aliphatic heterocycles. The van der Waals surface area contributed by atoms with Gasteiger partial charge in [0.05, 0.1) is 33.9 Å². The summed E-state index contributed by atoms with van der Waals surface area (Å²) in [6.45, 7) is 0.411. The number of cyclic esters (lactones) is 1. The smallest absolute Gasteiger partial charge is 0.310 e. The zero-order valence-corrected chi connectivity index (χ0v) is 18.1. The zero-order valence-electron chi connectivity index (χ0n) is 18.1. The molecule has 0 spiro atoms. The summed E-state index contributed by atoms with van der Waals surface area (Å²) in [7, 11) is 4.69. The molecule has 0 N–H and O–H groups in total. The van der Waals surface area contributed by atoms with E-state index in [2.05, 4.69) is 0 Å². The summed E-state index contributed by atoms with van der Waals surface area (Å²) in [5.41, 5.74) is 2.78. The molecule has 8 heteroatoms. The minimum absolute atomic E-state index is 0.139. The molecule has 8 nitrogen and oxygen atoms in total. The normalized spacial score (nSPS) is 24.9. The van der Waals surface area contributed by atoms with E-state index in [1.807, 2.05) is 24.3 Å². The second kappa shape index (κ2) is 7.93. The number of hydrogen-bond donors (Lipinski definition) is 0. The highest BCUT2D eigenvalue weighted by atomic mass is 16.7. The highest BCUT2D eigenvalue weighted by Gasteiger charge is 2.52. The molecule has 32 heavy (non-hydrogen) atoms. The molecule has 2 heterocycles. The molecule has 3 aliphatic rings. The van der Waals surface area contributed by atoms with Gasteiger partial charge in [0.25, 0.3) is 0 Å². The molecule has 2 aromatic rings. The Hall–Kier alpha value is -3.42. The quantitative estimate of drug-likeness (QED) is 0.500. The van der Waals surface area contributed by atoms with Crippen molar-refractivity contribution in [3.8, 4) is 28.7 Å². The van der Waals surface area contributed by atoms with Crippen LogP contribution in [0.1, 0.15) is 34.9 Å². The van der Waals surface area contributed by atoms with Crippen LogP contribution in [0, 0.1) is 11.8 Å². The molecule has 0 bridgehead atoms. The highest BCUT2D eigenvalue weighted by molar-refractivity contribution is 5.79. The van der Waals surface area contributed by atoms with Gasteiger partial charge >= 0.3 is 5.97 Å². The fourth-order valence-corrected chi connectivity index (χ4v) is 5.39. The molecule has 1 aliphatic carbocycles. The topological polar surface area (TPSA) is 89.5 Å². The van der Waals surface area contributed by atoms with Gasteiger partial charge in [-0.1, -0.05) is 0 Å². The van der Waals surface area contributed by atoms with Crippen LogP contribution in [-0.2, 0) is 14.3 Å². The van der Waals surface area contributed by atoms with Crippen molar-refractivity contribution in [3.05, 3.63) is 41.0 Å². The van der Waals surface area contributed by atoms with Crippen LogP contribution in [0.3, 0.4) is 0 Å². The first-order valence-corrected chi connectivity index (χ1v) is 10.4. The molecule has 0 radical (unpaired) electrons. The Bertz CT molecular complexity index is 1050. The van der Waals surface area contributed by atoms with Crippen LogP contribution in [-0.4, -0.2) is 47.0 Å². The first-order chi connectivity index (χ1) is 15.6. The van der Waals surface area contributed by atoms with Gasteiger partial charge in [-0.15, -0.1) is 0 Å². The Morgan fingerprint density at radius 1 is 0.938 bits per heavy atom. The number of aldehydes is 1. The van der Waals surface area contributed by atoms with Gasteiger partial charge < -0.3 is 33.2 Å². The SMILES string of the molecule is COc1cc(C2c3cc4c(cc3C(CC=O)C3C(=O)OCC23)OCO4)cc(OC)c1OC. The molecule has 0 saturated carbocycles. The maximum absolute atomic E-state index is 12.8. The molecule has 0 aromatic heterocycles. The van der Waals surface area contributed by atoms with Crippen LogP contribution >= 0.6 is 0 Å². The van der Waals surface area contributed by atoms with E-state index in [1.54, 1.807) is 21.3 Å². The van der Waals surface area contributed by atoms with E-state index in [1.165, 1.54) is 0 Å². The Morgan fingerprint density at radius 2 is 1.59 bits per heavy atom. The van der Waals surface area contributed by atoms with Crippen molar-refractivity contribution in [2.75, 3.05) is 34.7 Å². The lowest BCUT2D eigenvalue weighted by Gasteiger charge is -2.38. The second-order valence-electron chi connectivity index (χ2n) is 8.10. The molecule has 1 fully saturated rings. The summed E-state index contributed by atoms with van der Waals surface area (Å²) in [6, 6.07) is 7.67. The maximum atomic E-state index is 12.8. The Labute approximate surface area is 185 Å². The van der Waals surface area contributed by atoms with E-state index < -0.39 is 5.92 Å². The summed E-state index contributed by atoms with van der Waals surface area (Å²) in [5.74, 6) is 1.48. The predicted molar refractivity (Wildman–Crippen MR) is 112 cm³/mol. The van der Waals surface area contributed by atoms with Crippen molar-refractivity contribution in [3.63, 3.8) is 0 Å². The largest absolute Gasteiger partial charge is 0.493 e. The third kappa shape index (κ3) is 2.97. The number of ether oxygens (including phenoxy) is 6. The summed E-state index contributed by atoms with van der Waals surface area (Å²) in [5, 5.41) is 0. The Balaban J connectivity index is 1.74. The Morgan fingerprint density at radius 3 is 2.19 bits per heavy atom. The fourth-order valence-electron chi connectivity index (χ4n) is 5.39. The number of methoxy groups -OCH3 is 3.